The molecule has 0 fully saturated rings. The van der Waals surface area contributed by atoms with Crippen molar-refractivity contribution in [3.05, 3.63) is 23.8 Å². The van der Waals surface area contributed by atoms with Gasteiger partial charge in [-0.2, -0.15) is 0 Å². The molecular weight excluding hydrogens is 154 g/mol. The zero-order chi connectivity index (χ0) is 9.14. The Balaban J connectivity index is 3.16. The van der Waals surface area contributed by atoms with Gasteiger partial charge in [-0.25, -0.2) is 0 Å². The van der Waals surface area contributed by atoms with E-state index in [1.54, 1.807) is 25.1 Å². The Hall–Kier alpha value is -1.51. The number of rotatable bonds is 2. The molecule has 12 heavy (non-hydrogen) atoms. The van der Waals surface area contributed by atoms with Crippen LogP contribution >= 0.6 is 0 Å². The van der Waals surface area contributed by atoms with Crippen LogP contribution in [0.1, 0.15) is 23.7 Å². The molecule has 0 aliphatic heterocycles. The largest absolute Gasteiger partial charge is 0.505 e. The number of phenols is 1. The normalized spacial score (nSPS) is 9.75. The number of phenolic OH excluding ortho intramolecular Hbond substituents is 1. The average Bonchev–Trinajstić information content (AvgIpc) is 2.08. The molecule has 0 bridgehead atoms. The lowest BCUT2D eigenvalue weighted by Crippen LogP contribution is -1.98. The fourth-order valence-corrected chi connectivity index (χ4v) is 0.977. The van der Waals surface area contributed by atoms with E-state index in [2.05, 4.69) is 0 Å². The van der Waals surface area contributed by atoms with Gasteiger partial charge >= 0.3 is 0 Å². The third kappa shape index (κ3) is 1.39. The molecule has 1 aromatic rings. The Morgan fingerprint density at radius 3 is 2.83 bits per heavy atom. The molecule has 1 rings (SSSR count). The van der Waals surface area contributed by atoms with Gasteiger partial charge in [0.2, 0.25) is 0 Å². The van der Waals surface area contributed by atoms with E-state index in [9.17, 15) is 9.90 Å². The number of hydrogen-bond acceptors (Lipinski definition) is 3. The summed E-state index contributed by atoms with van der Waals surface area (Å²) in [4.78, 5) is 11.2. The number of Topliss-reactive ketones (excluding diaryl/α,β-unsaturated/α-hetero) is 1. The third-order valence-electron chi connectivity index (χ3n) is 1.69. The highest BCUT2D eigenvalue weighted by molar-refractivity contribution is 5.99. The lowest BCUT2D eigenvalue weighted by molar-refractivity contribution is 0.0985. The molecule has 0 heterocycles. The first-order chi connectivity index (χ1) is 5.66. The first kappa shape index (κ1) is 8.59. The quantitative estimate of drug-likeness (QED) is 0.397. The van der Waals surface area contributed by atoms with E-state index >= 15 is 0 Å². The molecule has 0 radical (unpaired) electrons. The van der Waals surface area contributed by atoms with E-state index in [0.717, 1.165) is 0 Å². The summed E-state index contributed by atoms with van der Waals surface area (Å²) in [6, 6.07) is 4.78. The van der Waals surface area contributed by atoms with Gasteiger partial charge in [0.05, 0.1) is 11.3 Å². The van der Waals surface area contributed by atoms with Crippen molar-refractivity contribution in [3.63, 3.8) is 0 Å². The van der Waals surface area contributed by atoms with Gasteiger partial charge in [-0.15, -0.1) is 0 Å². The van der Waals surface area contributed by atoms with Gasteiger partial charge < -0.3 is 10.8 Å². The van der Waals surface area contributed by atoms with Crippen LogP contribution in [0.3, 0.4) is 0 Å². The number of carbonyl (C=O) groups is 1. The minimum atomic E-state index is -0.107. The fraction of sp³-hybridized carbons (Fsp3) is 0.222. The van der Waals surface area contributed by atoms with E-state index in [-0.39, 0.29) is 17.2 Å². The van der Waals surface area contributed by atoms with E-state index in [4.69, 9.17) is 5.73 Å². The number of anilines is 1. The van der Waals surface area contributed by atoms with Crippen molar-refractivity contribution in [1.29, 1.82) is 0 Å². The molecule has 0 atom stereocenters. The van der Waals surface area contributed by atoms with E-state index in [0.29, 0.717) is 12.0 Å². The smallest absolute Gasteiger partial charge is 0.166 e. The van der Waals surface area contributed by atoms with Crippen molar-refractivity contribution < 1.29 is 9.90 Å². The van der Waals surface area contributed by atoms with Crippen LogP contribution in [0.5, 0.6) is 5.75 Å². The monoisotopic (exact) mass is 165 g/mol. The predicted octanol–water partition coefficient (Wildman–Crippen LogP) is 1.57. The predicted molar refractivity (Wildman–Crippen MR) is 47.1 cm³/mol. The molecule has 0 saturated heterocycles. The van der Waals surface area contributed by atoms with Crippen molar-refractivity contribution in [1.82, 2.24) is 0 Å². The van der Waals surface area contributed by atoms with Gasteiger partial charge in [-0.3, -0.25) is 4.79 Å². The molecule has 0 spiro atoms. The number of para-hydroxylation sites is 1. The van der Waals surface area contributed by atoms with Gasteiger partial charge in [-0.05, 0) is 12.1 Å². The van der Waals surface area contributed by atoms with Gasteiger partial charge in [-0.1, -0.05) is 13.0 Å². The highest BCUT2D eigenvalue weighted by Crippen LogP contribution is 2.25. The topological polar surface area (TPSA) is 63.3 Å². The molecule has 0 aliphatic rings. The van der Waals surface area contributed by atoms with Crippen molar-refractivity contribution in [3.8, 4) is 5.75 Å². The number of aromatic hydroxyl groups is 1. The number of nitrogen functional groups attached to an aromatic ring is 1. The Morgan fingerprint density at radius 1 is 1.58 bits per heavy atom. The van der Waals surface area contributed by atoms with Crippen molar-refractivity contribution >= 4 is 11.5 Å². The third-order valence-corrected chi connectivity index (χ3v) is 1.69. The minimum Gasteiger partial charge on any atom is -0.505 e. The first-order valence-corrected chi connectivity index (χ1v) is 3.77. The van der Waals surface area contributed by atoms with Crippen LogP contribution in [-0.4, -0.2) is 10.9 Å². The van der Waals surface area contributed by atoms with Crippen molar-refractivity contribution in [2.75, 3.05) is 5.73 Å². The summed E-state index contributed by atoms with van der Waals surface area (Å²) < 4.78 is 0. The molecule has 0 aliphatic carbocycles. The van der Waals surface area contributed by atoms with Gasteiger partial charge in [0, 0.05) is 6.42 Å². The van der Waals surface area contributed by atoms with E-state index in [1.165, 1.54) is 0 Å². The summed E-state index contributed by atoms with van der Waals surface area (Å²) in [5.74, 6) is -0.204. The summed E-state index contributed by atoms with van der Waals surface area (Å²) >= 11 is 0. The fourth-order valence-electron chi connectivity index (χ4n) is 0.977. The van der Waals surface area contributed by atoms with Crippen LogP contribution in [0.2, 0.25) is 0 Å². The Kier molecular flexibility index (Phi) is 2.33. The lowest BCUT2D eigenvalue weighted by Gasteiger charge is -2.03. The molecule has 0 amide bonds. The molecular formula is C9H11NO2. The first-order valence-electron chi connectivity index (χ1n) is 3.77. The zero-order valence-corrected chi connectivity index (χ0v) is 6.87. The van der Waals surface area contributed by atoms with Gasteiger partial charge in [0.25, 0.3) is 0 Å². The summed E-state index contributed by atoms with van der Waals surface area (Å²) in [5, 5.41) is 9.35. The maximum absolute atomic E-state index is 11.2. The Labute approximate surface area is 70.8 Å². The van der Waals surface area contributed by atoms with Crippen LogP contribution in [0.4, 0.5) is 5.69 Å². The van der Waals surface area contributed by atoms with Gasteiger partial charge in [0.15, 0.2) is 5.78 Å². The number of benzene rings is 1. The second kappa shape index (κ2) is 3.26. The SMILES string of the molecule is CCC(=O)c1cccc(N)c1O. The van der Waals surface area contributed by atoms with Gasteiger partial charge in [0.1, 0.15) is 5.75 Å². The standard InChI is InChI=1S/C9H11NO2/c1-2-8(11)6-4-3-5-7(10)9(6)12/h3-5,12H,2,10H2,1H3. The summed E-state index contributed by atoms with van der Waals surface area (Å²) in [5.41, 5.74) is 5.96. The maximum Gasteiger partial charge on any atom is 0.166 e. The minimum absolute atomic E-state index is 0.0974. The zero-order valence-electron chi connectivity index (χ0n) is 6.87. The van der Waals surface area contributed by atoms with Crippen LogP contribution in [0.15, 0.2) is 18.2 Å². The Morgan fingerprint density at radius 2 is 2.25 bits per heavy atom. The summed E-state index contributed by atoms with van der Waals surface area (Å²) in [6.07, 6.45) is 0.372. The molecule has 0 aromatic heterocycles. The van der Waals surface area contributed by atoms with Crippen LogP contribution in [0.25, 0.3) is 0 Å². The maximum atomic E-state index is 11.2. The number of ketones is 1. The summed E-state index contributed by atoms with van der Waals surface area (Å²) in [7, 11) is 0. The van der Waals surface area contributed by atoms with Crippen LogP contribution in [0, 0.1) is 0 Å². The van der Waals surface area contributed by atoms with E-state index in [1.807, 2.05) is 0 Å². The number of hydrogen-bond donors (Lipinski definition) is 2. The number of carbonyl (C=O) groups excluding carboxylic acids is 1. The van der Waals surface area contributed by atoms with E-state index < -0.39 is 0 Å². The average molecular weight is 165 g/mol. The highest BCUT2D eigenvalue weighted by atomic mass is 16.3. The molecule has 0 saturated carbocycles. The molecule has 0 unspecified atom stereocenters. The second-order valence-corrected chi connectivity index (χ2v) is 2.52. The second-order valence-electron chi connectivity index (χ2n) is 2.52. The van der Waals surface area contributed by atoms with Crippen molar-refractivity contribution in [2.24, 2.45) is 0 Å². The molecule has 64 valence electrons. The lowest BCUT2D eigenvalue weighted by atomic mass is 10.1. The molecule has 1 aromatic carbocycles. The highest BCUT2D eigenvalue weighted by Gasteiger charge is 2.09. The van der Waals surface area contributed by atoms with Crippen LogP contribution < -0.4 is 5.73 Å². The summed E-state index contributed by atoms with van der Waals surface area (Å²) in [6.45, 7) is 1.74. The molecule has 3 heteroatoms. The molecule has 3 N–H and O–H groups in total. The molecule has 3 nitrogen and oxygen atoms in total. The number of nitrogens with two attached hydrogens (primary N) is 1. The Bertz CT molecular complexity index is 307. The van der Waals surface area contributed by atoms with Crippen LogP contribution in [-0.2, 0) is 0 Å². The van der Waals surface area contributed by atoms with Crippen molar-refractivity contribution in [2.45, 2.75) is 13.3 Å².